The summed E-state index contributed by atoms with van der Waals surface area (Å²) in [4.78, 5) is 4.31. The zero-order chi connectivity index (χ0) is 13.1. The van der Waals surface area contributed by atoms with Crippen LogP contribution in [0.5, 0.6) is 0 Å². The molecule has 0 aliphatic heterocycles. The summed E-state index contributed by atoms with van der Waals surface area (Å²) in [6, 6.07) is 10.2. The number of aryl methyl sites for hydroxylation is 2. The number of pyridine rings is 1. The summed E-state index contributed by atoms with van der Waals surface area (Å²) in [5.41, 5.74) is 7.22. The predicted octanol–water partition coefficient (Wildman–Crippen LogP) is 3.01. The smallest absolute Gasteiger partial charge is 0.0725 e. The van der Waals surface area contributed by atoms with Crippen LogP contribution < -0.4 is 11.3 Å². The van der Waals surface area contributed by atoms with Crippen LogP contribution in [0.4, 0.5) is 0 Å². The van der Waals surface area contributed by atoms with E-state index in [9.17, 15) is 0 Å². The van der Waals surface area contributed by atoms with Gasteiger partial charge < -0.3 is 0 Å². The molecular weight excluding hydrogens is 290 g/mol. The molecular formula is C14H16BrN3. The number of hydrogen-bond donors (Lipinski definition) is 2. The molecule has 0 fully saturated rings. The van der Waals surface area contributed by atoms with Gasteiger partial charge in [0.1, 0.15) is 0 Å². The highest BCUT2D eigenvalue weighted by atomic mass is 79.9. The lowest BCUT2D eigenvalue weighted by molar-refractivity contribution is 0.634. The first kappa shape index (κ1) is 13.2. The van der Waals surface area contributed by atoms with E-state index in [1.165, 1.54) is 5.56 Å². The minimum atomic E-state index is -0.0371. The first-order valence-corrected chi connectivity index (χ1v) is 6.56. The Morgan fingerprint density at radius 3 is 2.44 bits per heavy atom. The van der Waals surface area contributed by atoms with Crippen molar-refractivity contribution in [1.82, 2.24) is 10.4 Å². The van der Waals surface area contributed by atoms with Gasteiger partial charge in [-0.2, -0.15) is 0 Å². The van der Waals surface area contributed by atoms with E-state index in [1.54, 1.807) is 0 Å². The minimum absolute atomic E-state index is 0.0371. The lowest BCUT2D eigenvalue weighted by Crippen LogP contribution is -2.29. The molecule has 18 heavy (non-hydrogen) atoms. The van der Waals surface area contributed by atoms with Gasteiger partial charge in [0.25, 0.3) is 0 Å². The third-order valence-corrected chi connectivity index (χ3v) is 3.84. The van der Waals surface area contributed by atoms with E-state index in [0.29, 0.717) is 0 Å². The summed E-state index contributed by atoms with van der Waals surface area (Å²) in [6.07, 6.45) is 1.86. The summed E-state index contributed by atoms with van der Waals surface area (Å²) in [5, 5.41) is 0. The first-order chi connectivity index (χ1) is 8.61. The van der Waals surface area contributed by atoms with Crippen LogP contribution in [0.2, 0.25) is 0 Å². The number of halogens is 1. The number of nitrogens with two attached hydrogens (primary N) is 1. The maximum atomic E-state index is 5.67. The van der Waals surface area contributed by atoms with Crippen LogP contribution in [0.3, 0.4) is 0 Å². The molecule has 1 atom stereocenters. The van der Waals surface area contributed by atoms with Gasteiger partial charge in [0.2, 0.25) is 0 Å². The van der Waals surface area contributed by atoms with Crippen LogP contribution >= 0.6 is 15.9 Å². The Bertz CT molecular complexity index is 537. The van der Waals surface area contributed by atoms with Crippen molar-refractivity contribution in [1.29, 1.82) is 0 Å². The number of benzene rings is 1. The highest BCUT2D eigenvalue weighted by molar-refractivity contribution is 9.10. The molecule has 0 bridgehead atoms. The van der Waals surface area contributed by atoms with Crippen LogP contribution in [0.1, 0.15) is 28.4 Å². The molecule has 0 aliphatic carbocycles. The maximum Gasteiger partial charge on any atom is 0.0725 e. The van der Waals surface area contributed by atoms with E-state index < -0.39 is 0 Å². The van der Waals surface area contributed by atoms with Crippen molar-refractivity contribution in [2.24, 2.45) is 5.84 Å². The van der Waals surface area contributed by atoms with Gasteiger partial charge in [-0.05, 0) is 42.7 Å². The van der Waals surface area contributed by atoms with Gasteiger partial charge in [-0.3, -0.25) is 10.8 Å². The Morgan fingerprint density at radius 1 is 1.17 bits per heavy atom. The molecule has 0 radical (unpaired) electrons. The van der Waals surface area contributed by atoms with Crippen molar-refractivity contribution in [3.63, 3.8) is 0 Å². The van der Waals surface area contributed by atoms with E-state index in [4.69, 9.17) is 5.84 Å². The first-order valence-electron chi connectivity index (χ1n) is 5.76. The topological polar surface area (TPSA) is 50.9 Å². The predicted molar refractivity (Wildman–Crippen MR) is 77.0 cm³/mol. The van der Waals surface area contributed by atoms with Crippen molar-refractivity contribution < 1.29 is 0 Å². The molecule has 1 unspecified atom stereocenters. The van der Waals surface area contributed by atoms with Crippen molar-refractivity contribution in [2.45, 2.75) is 19.9 Å². The van der Waals surface area contributed by atoms with E-state index in [0.717, 1.165) is 21.3 Å². The van der Waals surface area contributed by atoms with Gasteiger partial charge in [0.05, 0.1) is 6.04 Å². The summed E-state index contributed by atoms with van der Waals surface area (Å²) in [7, 11) is 0. The SMILES string of the molecule is Cc1ccc(C(NN)c2ccc(Br)c(C)c2)cn1. The van der Waals surface area contributed by atoms with Crippen molar-refractivity contribution in [3.05, 3.63) is 63.4 Å². The van der Waals surface area contributed by atoms with E-state index in [1.807, 2.05) is 31.3 Å². The van der Waals surface area contributed by atoms with Gasteiger partial charge in [0.15, 0.2) is 0 Å². The standard InChI is InChI=1S/C14H16BrN3/c1-9-7-11(5-6-13(9)15)14(18-16)12-4-3-10(2)17-8-12/h3-8,14,18H,16H2,1-2H3. The van der Waals surface area contributed by atoms with Crippen molar-refractivity contribution in [3.8, 4) is 0 Å². The van der Waals surface area contributed by atoms with Crippen LogP contribution in [-0.4, -0.2) is 4.98 Å². The second kappa shape index (κ2) is 5.61. The Morgan fingerprint density at radius 2 is 1.89 bits per heavy atom. The highest BCUT2D eigenvalue weighted by Crippen LogP contribution is 2.25. The molecule has 94 valence electrons. The summed E-state index contributed by atoms with van der Waals surface area (Å²) in [5.74, 6) is 5.67. The number of hydrogen-bond acceptors (Lipinski definition) is 3. The molecule has 3 N–H and O–H groups in total. The maximum absolute atomic E-state index is 5.67. The number of aromatic nitrogens is 1. The monoisotopic (exact) mass is 305 g/mol. The molecule has 0 spiro atoms. The van der Waals surface area contributed by atoms with Crippen molar-refractivity contribution in [2.75, 3.05) is 0 Å². The number of nitrogens with zero attached hydrogens (tertiary/aromatic N) is 1. The van der Waals surface area contributed by atoms with Crippen LogP contribution in [0, 0.1) is 13.8 Å². The average Bonchev–Trinajstić information content (AvgIpc) is 2.37. The average molecular weight is 306 g/mol. The third kappa shape index (κ3) is 2.77. The van der Waals surface area contributed by atoms with Gasteiger partial charge in [-0.25, -0.2) is 5.43 Å². The van der Waals surface area contributed by atoms with Crippen LogP contribution in [0.25, 0.3) is 0 Å². The van der Waals surface area contributed by atoms with Gasteiger partial charge in [-0.1, -0.05) is 34.1 Å². The highest BCUT2D eigenvalue weighted by Gasteiger charge is 2.13. The zero-order valence-electron chi connectivity index (χ0n) is 10.4. The van der Waals surface area contributed by atoms with E-state index in [2.05, 4.69) is 45.4 Å². The lowest BCUT2D eigenvalue weighted by atomic mass is 9.99. The van der Waals surface area contributed by atoms with E-state index in [-0.39, 0.29) is 6.04 Å². The molecule has 0 saturated heterocycles. The summed E-state index contributed by atoms with van der Waals surface area (Å²) in [6.45, 7) is 4.03. The Kier molecular flexibility index (Phi) is 4.11. The molecule has 0 saturated carbocycles. The number of rotatable bonds is 3. The number of nitrogens with one attached hydrogen (secondary N) is 1. The van der Waals surface area contributed by atoms with Gasteiger partial charge in [-0.15, -0.1) is 0 Å². The van der Waals surface area contributed by atoms with E-state index >= 15 is 0 Å². The second-order valence-electron chi connectivity index (χ2n) is 4.34. The Labute approximate surface area is 116 Å². The normalized spacial score (nSPS) is 12.4. The summed E-state index contributed by atoms with van der Waals surface area (Å²) < 4.78 is 1.10. The fourth-order valence-corrected chi connectivity index (χ4v) is 2.13. The molecule has 3 nitrogen and oxygen atoms in total. The summed E-state index contributed by atoms with van der Waals surface area (Å²) >= 11 is 3.50. The van der Waals surface area contributed by atoms with Gasteiger partial charge >= 0.3 is 0 Å². The fourth-order valence-electron chi connectivity index (χ4n) is 1.88. The molecule has 0 aliphatic rings. The van der Waals surface area contributed by atoms with Gasteiger partial charge in [0, 0.05) is 16.4 Å². The Balaban J connectivity index is 2.38. The molecule has 1 aromatic heterocycles. The number of hydrazine groups is 1. The molecule has 4 heteroatoms. The largest absolute Gasteiger partial charge is 0.271 e. The lowest BCUT2D eigenvalue weighted by Gasteiger charge is -2.17. The molecule has 1 aromatic carbocycles. The third-order valence-electron chi connectivity index (χ3n) is 2.95. The van der Waals surface area contributed by atoms with Crippen molar-refractivity contribution >= 4 is 15.9 Å². The Hall–Kier alpha value is -1.23. The molecule has 0 amide bonds. The minimum Gasteiger partial charge on any atom is -0.271 e. The molecule has 2 rings (SSSR count). The van der Waals surface area contributed by atoms with Crippen LogP contribution in [-0.2, 0) is 0 Å². The molecule has 1 heterocycles. The fraction of sp³-hybridized carbons (Fsp3) is 0.214. The second-order valence-corrected chi connectivity index (χ2v) is 5.20. The zero-order valence-corrected chi connectivity index (χ0v) is 12.0. The molecule has 2 aromatic rings. The quantitative estimate of drug-likeness (QED) is 0.677. The van der Waals surface area contributed by atoms with Crippen LogP contribution in [0.15, 0.2) is 41.0 Å².